The third-order valence-electron chi connectivity index (χ3n) is 6.39. The molecule has 0 bridgehead atoms. The number of ketones is 1. The van der Waals surface area contributed by atoms with Crippen LogP contribution in [0.3, 0.4) is 0 Å². The van der Waals surface area contributed by atoms with Gasteiger partial charge in [0.05, 0.1) is 18.4 Å². The standard InChI is InChI=1S/C35H28N2O5S/c1-41-32-15-9-8-14-29(32)33-21-18-27(42-33)22-30(37-34(39)25-12-6-3-7-13-25)35(40)36-26-16-19-28(20-17-26)43-23-31(38)24-10-4-2-5-11-24/h2-22H,23H2,1H3,(H,36,40)(H,37,39). The van der Waals surface area contributed by atoms with Crippen LogP contribution in [0.5, 0.6) is 5.75 Å². The Balaban J connectivity index is 1.32. The zero-order valence-electron chi connectivity index (χ0n) is 23.3. The fraction of sp³-hybridized carbons (Fsp3) is 0.0571. The van der Waals surface area contributed by atoms with Crippen molar-refractivity contribution in [3.8, 4) is 17.1 Å². The Labute approximate surface area is 253 Å². The van der Waals surface area contributed by atoms with Crippen LogP contribution in [0, 0.1) is 0 Å². The molecule has 0 unspecified atom stereocenters. The number of ether oxygens (including phenoxy) is 1. The topological polar surface area (TPSA) is 97.6 Å². The average Bonchev–Trinajstić information content (AvgIpc) is 3.53. The van der Waals surface area contributed by atoms with Gasteiger partial charge in [0.2, 0.25) is 0 Å². The first-order valence-electron chi connectivity index (χ1n) is 13.4. The maximum absolute atomic E-state index is 13.4. The SMILES string of the molecule is COc1ccccc1-c1ccc(C=C(NC(=O)c2ccccc2)C(=O)Nc2ccc(SCC(=O)c3ccccc3)cc2)o1. The number of furan rings is 1. The minimum absolute atomic E-state index is 0.00156. The summed E-state index contributed by atoms with van der Waals surface area (Å²) in [6, 6.07) is 35.9. The lowest BCUT2D eigenvalue weighted by atomic mass is 10.1. The minimum Gasteiger partial charge on any atom is -0.496 e. The molecular formula is C35H28N2O5S. The summed E-state index contributed by atoms with van der Waals surface area (Å²) < 4.78 is 11.4. The molecule has 0 aliphatic rings. The molecule has 8 heteroatoms. The number of hydrogen-bond acceptors (Lipinski definition) is 6. The molecule has 2 amide bonds. The van der Waals surface area contributed by atoms with Crippen LogP contribution in [0.25, 0.3) is 17.4 Å². The van der Waals surface area contributed by atoms with Gasteiger partial charge in [-0.2, -0.15) is 0 Å². The zero-order valence-corrected chi connectivity index (χ0v) is 24.1. The van der Waals surface area contributed by atoms with Gasteiger partial charge in [-0.25, -0.2) is 0 Å². The van der Waals surface area contributed by atoms with E-state index in [1.165, 1.54) is 17.8 Å². The van der Waals surface area contributed by atoms with Crippen molar-refractivity contribution in [2.75, 3.05) is 18.2 Å². The molecule has 1 heterocycles. The lowest BCUT2D eigenvalue weighted by Crippen LogP contribution is -2.30. The molecule has 4 aromatic carbocycles. The highest BCUT2D eigenvalue weighted by Gasteiger charge is 2.17. The number of nitrogens with one attached hydrogen (secondary N) is 2. The van der Waals surface area contributed by atoms with Crippen LogP contribution in [0.1, 0.15) is 26.5 Å². The highest BCUT2D eigenvalue weighted by molar-refractivity contribution is 8.00. The molecule has 0 atom stereocenters. The average molecular weight is 589 g/mol. The van der Waals surface area contributed by atoms with Crippen molar-refractivity contribution >= 4 is 41.1 Å². The Morgan fingerprint density at radius 2 is 1.42 bits per heavy atom. The molecule has 7 nitrogen and oxygen atoms in total. The number of rotatable bonds is 11. The Bertz CT molecular complexity index is 1750. The summed E-state index contributed by atoms with van der Waals surface area (Å²) in [5.41, 5.74) is 2.36. The number of carbonyl (C=O) groups is 3. The van der Waals surface area contributed by atoms with E-state index in [1.807, 2.05) is 60.7 Å². The van der Waals surface area contributed by atoms with E-state index in [2.05, 4.69) is 10.6 Å². The fourth-order valence-corrected chi connectivity index (χ4v) is 4.99. The molecule has 0 aliphatic heterocycles. The van der Waals surface area contributed by atoms with Crippen LogP contribution in [-0.4, -0.2) is 30.5 Å². The normalized spacial score (nSPS) is 11.0. The van der Waals surface area contributed by atoms with Crippen LogP contribution >= 0.6 is 11.8 Å². The number of thioether (sulfide) groups is 1. The van der Waals surface area contributed by atoms with Crippen molar-refractivity contribution in [2.24, 2.45) is 0 Å². The molecule has 0 saturated carbocycles. The van der Waals surface area contributed by atoms with Gasteiger partial charge in [-0.3, -0.25) is 14.4 Å². The molecule has 43 heavy (non-hydrogen) atoms. The molecule has 5 aromatic rings. The molecule has 0 spiro atoms. The molecule has 2 N–H and O–H groups in total. The molecule has 1 aromatic heterocycles. The molecule has 0 fully saturated rings. The number of methoxy groups -OCH3 is 1. The number of Topliss-reactive ketones (excluding diaryl/α,β-unsaturated/α-hetero) is 1. The maximum atomic E-state index is 13.4. The number of benzene rings is 4. The van der Waals surface area contributed by atoms with Gasteiger partial charge in [0, 0.05) is 27.8 Å². The van der Waals surface area contributed by atoms with E-state index in [9.17, 15) is 14.4 Å². The summed E-state index contributed by atoms with van der Waals surface area (Å²) in [4.78, 5) is 39.7. The van der Waals surface area contributed by atoms with E-state index in [-0.39, 0.29) is 11.5 Å². The summed E-state index contributed by atoms with van der Waals surface area (Å²) in [6.45, 7) is 0. The van der Waals surface area contributed by atoms with Crippen LogP contribution in [0.4, 0.5) is 5.69 Å². The molecular weight excluding hydrogens is 560 g/mol. The highest BCUT2D eigenvalue weighted by atomic mass is 32.2. The second kappa shape index (κ2) is 14.0. The van der Waals surface area contributed by atoms with Gasteiger partial charge in [0.25, 0.3) is 11.8 Å². The summed E-state index contributed by atoms with van der Waals surface area (Å²) >= 11 is 1.42. The van der Waals surface area contributed by atoms with Gasteiger partial charge in [-0.15, -0.1) is 11.8 Å². The lowest BCUT2D eigenvalue weighted by Gasteiger charge is -2.11. The zero-order chi connectivity index (χ0) is 30.0. The van der Waals surface area contributed by atoms with Gasteiger partial charge in [-0.1, -0.05) is 60.7 Å². The van der Waals surface area contributed by atoms with Gasteiger partial charge in [0.15, 0.2) is 5.78 Å². The third-order valence-corrected chi connectivity index (χ3v) is 7.40. The number of para-hydroxylation sites is 1. The Morgan fingerprint density at radius 3 is 2.12 bits per heavy atom. The van der Waals surface area contributed by atoms with E-state index < -0.39 is 11.8 Å². The van der Waals surface area contributed by atoms with E-state index in [0.717, 1.165) is 10.5 Å². The molecule has 0 radical (unpaired) electrons. The first-order valence-corrected chi connectivity index (χ1v) is 14.4. The number of hydrogen-bond donors (Lipinski definition) is 2. The van der Waals surface area contributed by atoms with Gasteiger partial charge in [-0.05, 0) is 60.7 Å². The summed E-state index contributed by atoms with van der Waals surface area (Å²) in [5, 5.41) is 5.55. The quantitative estimate of drug-likeness (QED) is 0.0952. The first-order chi connectivity index (χ1) is 21.0. The second-order valence-electron chi connectivity index (χ2n) is 9.34. The Kier molecular flexibility index (Phi) is 9.51. The third kappa shape index (κ3) is 7.69. The predicted molar refractivity (Wildman–Crippen MR) is 169 cm³/mol. The van der Waals surface area contributed by atoms with Crippen molar-refractivity contribution in [1.82, 2.24) is 5.32 Å². The molecule has 214 valence electrons. The first kappa shape index (κ1) is 29.2. The van der Waals surface area contributed by atoms with Crippen molar-refractivity contribution in [2.45, 2.75) is 4.90 Å². The minimum atomic E-state index is -0.529. The number of amides is 2. The van der Waals surface area contributed by atoms with Crippen LogP contribution in [0.2, 0.25) is 0 Å². The molecule has 0 saturated heterocycles. The van der Waals surface area contributed by atoms with Crippen LogP contribution < -0.4 is 15.4 Å². The van der Waals surface area contributed by atoms with Crippen LogP contribution in [-0.2, 0) is 4.79 Å². The smallest absolute Gasteiger partial charge is 0.272 e. The van der Waals surface area contributed by atoms with Crippen molar-refractivity contribution < 1.29 is 23.5 Å². The van der Waals surface area contributed by atoms with Crippen LogP contribution in [0.15, 0.2) is 136 Å². The van der Waals surface area contributed by atoms with Gasteiger partial charge < -0.3 is 19.8 Å². The number of anilines is 1. The number of carbonyl (C=O) groups excluding carboxylic acids is 3. The van der Waals surface area contributed by atoms with Crippen molar-refractivity contribution in [3.05, 3.63) is 144 Å². The van der Waals surface area contributed by atoms with Gasteiger partial charge >= 0.3 is 0 Å². The maximum Gasteiger partial charge on any atom is 0.272 e. The largest absolute Gasteiger partial charge is 0.496 e. The predicted octanol–water partition coefficient (Wildman–Crippen LogP) is 7.34. The van der Waals surface area contributed by atoms with Gasteiger partial charge in [0.1, 0.15) is 23.0 Å². The van der Waals surface area contributed by atoms with E-state index in [0.29, 0.717) is 39.8 Å². The lowest BCUT2D eigenvalue weighted by molar-refractivity contribution is -0.113. The monoisotopic (exact) mass is 588 g/mol. The second-order valence-corrected chi connectivity index (χ2v) is 10.4. The Hall–Kier alpha value is -5.34. The Morgan fingerprint density at radius 1 is 0.767 bits per heavy atom. The van der Waals surface area contributed by atoms with Crippen molar-refractivity contribution in [1.29, 1.82) is 0 Å². The molecule has 5 rings (SSSR count). The van der Waals surface area contributed by atoms with Crippen molar-refractivity contribution in [3.63, 3.8) is 0 Å². The van der Waals surface area contributed by atoms with E-state index in [1.54, 1.807) is 67.8 Å². The summed E-state index contributed by atoms with van der Waals surface area (Å²) in [5.74, 6) is 0.944. The van der Waals surface area contributed by atoms with E-state index in [4.69, 9.17) is 9.15 Å². The van der Waals surface area contributed by atoms with E-state index >= 15 is 0 Å². The highest BCUT2D eigenvalue weighted by Crippen LogP contribution is 2.31. The summed E-state index contributed by atoms with van der Waals surface area (Å²) in [7, 11) is 1.58. The summed E-state index contributed by atoms with van der Waals surface area (Å²) in [6.07, 6.45) is 1.48. The molecule has 0 aliphatic carbocycles. The fourth-order valence-electron chi connectivity index (χ4n) is 4.20.